The van der Waals surface area contributed by atoms with Gasteiger partial charge in [0.2, 0.25) is 5.88 Å². The Hall–Kier alpha value is -2.15. The summed E-state index contributed by atoms with van der Waals surface area (Å²) < 4.78 is 5.49. The molecule has 0 fully saturated rings. The highest BCUT2D eigenvalue weighted by atomic mass is 32.1. The summed E-state index contributed by atoms with van der Waals surface area (Å²) in [7, 11) is 0. The third-order valence-corrected chi connectivity index (χ3v) is 3.55. The smallest absolute Gasteiger partial charge is 0.254 e. The van der Waals surface area contributed by atoms with Gasteiger partial charge in [-0.3, -0.25) is 4.79 Å². The van der Waals surface area contributed by atoms with Gasteiger partial charge in [-0.15, -0.1) is 11.3 Å². The van der Waals surface area contributed by atoms with Crippen LogP contribution in [0.15, 0.2) is 17.8 Å². The second-order valence-electron chi connectivity index (χ2n) is 3.95. The van der Waals surface area contributed by atoms with Crippen molar-refractivity contribution >= 4 is 22.9 Å². The molecule has 4 N–H and O–H groups in total. The van der Waals surface area contributed by atoms with E-state index in [4.69, 9.17) is 16.2 Å². The fraction of sp³-hybridized carbons (Fsp3) is 0.250. The summed E-state index contributed by atoms with van der Waals surface area (Å²) in [6.07, 6.45) is 2.14. The van der Waals surface area contributed by atoms with Crippen molar-refractivity contribution in [2.75, 3.05) is 12.3 Å². The number of ether oxygens (including phenoxy) is 1. The van der Waals surface area contributed by atoms with Crippen LogP contribution in [0.25, 0.3) is 0 Å². The van der Waals surface area contributed by atoms with Crippen LogP contribution in [0, 0.1) is 6.92 Å². The van der Waals surface area contributed by atoms with Gasteiger partial charge >= 0.3 is 0 Å². The van der Waals surface area contributed by atoms with Crippen molar-refractivity contribution in [1.82, 2.24) is 9.97 Å². The summed E-state index contributed by atoms with van der Waals surface area (Å²) >= 11 is 1.57. The van der Waals surface area contributed by atoms with E-state index in [1.165, 1.54) is 12.3 Å². The van der Waals surface area contributed by atoms with Crippen molar-refractivity contribution in [3.05, 3.63) is 33.9 Å². The van der Waals surface area contributed by atoms with Gasteiger partial charge in [0.1, 0.15) is 5.56 Å². The van der Waals surface area contributed by atoms with Gasteiger partial charge in [0.15, 0.2) is 0 Å². The van der Waals surface area contributed by atoms with E-state index in [2.05, 4.69) is 9.97 Å². The van der Waals surface area contributed by atoms with E-state index in [1.54, 1.807) is 16.8 Å². The Balaban J connectivity index is 2.03. The number of anilines is 1. The van der Waals surface area contributed by atoms with Crippen molar-refractivity contribution in [2.24, 2.45) is 5.73 Å². The summed E-state index contributed by atoms with van der Waals surface area (Å²) in [6, 6.07) is 1.46. The summed E-state index contributed by atoms with van der Waals surface area (Å²) in [5.74, 6) is -0.396. The van der Waals surface area contributed by atoms with Crippen LogP contribution in [0.1, 0.15) is 20.9 Å². The quantitative estimate of drug-likeness (QED) is 0.853. The zero-order valence-corrected chi connectivity index (χ0v) is 11.2. The molecule has 2 heterocycles. The predicted molar refractivity (Wildman–Crippen MR) is 73.2 cm³/mol. The molecule has 0 spiro atoms. The number of nitrogens with zero attached hydrogens (tertiary/aromatic N) is 2. The highest BCUT2D eigenvalue weighted by Crippen LogP contribution is 2.18. The lowest BCUT2D eigenvalue weighted by Crippen LogP contribution is -2.15. The standard InChI is InChI=1S/C12H14N4O2S/c1-7-10(19-6-16-7)2-3-18-12-9(11(14)17)4-8(13)5-15-12/h4-6H,2-3,13H2,1H3,(H2,14,17). The Morgan fingerprint density at radius 2 is 2.26 bits per heavy atom. The van der Waals surface area contributed by atoms with E-state index in [9.17, 15) is 4.79 Å². The second-order valence-corrected chi connectivity index (χ2v) is 4.88. The number of primary amides is 1. The van der Waals surface area contributed by atoms with Gasteiger partial charge in [0.25, 0.3) is 5.91 Å². The minimum atomic E-state index is -0.608. The first-order chi connectivity index (χ1) is 9.08. The zero-order chi connectivity index (χ0) is 13.8. The van der Waals surface area contributed by atoms with Crippen molar-refractivity contribution in [1.29, 1.82) is 0 Å². The third kappa shape index (κ3) is 3.19. The molecule has 100 valence electrons. The van der Waals surface area contributed by atoms with Crippen LogP contribution in [-0.4, -0.2) is 22.5 Å². The largest absolute Gasteiger partial charge is 0.477 e. The summed E-state index contributed by atoms with van der Waals surface area (Å²) in [6.45, 7) is 2.35. The topological polar surface area (TPSA) is 104 Å². The molecule has 0 atom stereocenters. The van der Waals surface area contributed by atoms with E-state index in [-0.39, 0.29) is 11.4 Å². The number of aromatic nitrogens is 2. The summed E-state index contributed by atoms with van der Waals surface area (Å²) in [5.41, 5.74) is 14.2. The van der Waals surface area contributed by atoms with Crippen LogP contribution < -0.4 is 16.2 Å². The molecule has 6 nitrogen and oxygen atoms in total. The first-order valence-electron chi connectivity index (χ1n) is 5.65. The van der Waals surface area contributed by atoms with Crippen molar-refractivity contribution < 1.29 is 9.53 Å². The molecule has 1 amide bonds. The number of nitrogen functional groups attached to an aromatic ring is 1. The van der Waals surface area contributed by atoms with Crippen molar-refractivity contribution in [3.8, 4) is 5.88 Å². The van der Waals surface area contributed by atoms with Gasteiger partial charge in [0.05, 0.1) is 29.7 Å². The van der Waals surface area contributed by atoms with Gasteiger partial charge in [-0.25, -0.2) is 9.97 Å². The van der Waals surface area contributed by atoms with Gasteiger partial charge in [0, 0.05) is 11.3 Å². The Morgan fingerprint density at radius 3 is 2.89 bits per heavy atom. The molecule has 0 radical (unpaired) electrons. The first kappa shape index (κ1) is 13.3. The molecule has 0 aliphatic heterocycles. The average Bonchev–Trinajstić information content (AvgIpc) is 2.77. The van der Waals surface area contributed by atoms with Crippen molar-refractivity contribution in [2.45, 2.75) is 13.3 Å². The zero-order valence-electron chi connectivity index (χ0n) is 10.4. The van der Waals surface area contributed by atoms with E-state index in [0.29, 0.717) is 18.7 Å². The lowest BCUT2D eigenvalue weighted by molar-refractivity contribution is 0.0995. The molecule has 2 aromatic rings. The molecule has 0 aromatic carbocycles. The third-order valence-electron chi connectivity index (χ3n) is 2.55. The van der Waals surface area contributed by atoms with E-state index < -0.39 is 5.91 Å². The molecule has 0 saturated carbocycles. The Bertz CT molecular complexity index is 597. The molecule has 7 heteroatoms. The van der Waals surface area contributed by atoms with E-state index in [0.717, 1.165) is 10.6 Å². The van der Waals surface area contributed by atoms with Crippen molar-refractivity contribution in [3.63, 3.8) is 0 Å². The maximum Gasteiger partial charge on any atom is 0.254 e. The number of carbonyl (C=O) groups is 1. The monoisotopic (exact) mass is 278 g/mol. The maximum absolute atomic E-state index is 11.3. The van der Waals surface area contributed by atoms with Gasteiger partial charge in [-0.05, 0) is 13.0 Å². The van der Waals surface area contributed by atoms with Gasteiger partial charge in [-0.1, -0.05) is 0 Å². The number of hydrogen-bond acceptors (Lipinski definition) is 6. The maximum atomic E-state index is 11.3. The minimum absolute atomic E-state index is 0.195. The highest BCUT2D eigenvalue weighted by Gasteiger charge is 2.12. The number of carbonyl (C=O) groups excluding carboxylic acids is 1. The van der Waals surface area contributed by atoms with Gasteiger partial charge in [-0.2, -0.15) is 0 Å². The number of thiazole rings is 1. The number of rotatable bonds is 5. The second kappa shape index (κ2) is 5.66. The minimum Gasteiger partial charge on any atom is -0.477 e. The lowest BCUT2D eigenvalue weighted by atomic mass is 10.2. The van der Waals surface area contributed by atoms with E-state index in [1.807, 2.05) is 6.92 Å². The number of nitrogens with two attached hydrogens (primary N) is 2. The highest BCUT2D eigenvalue weighted by molar-refractivity contribution is 7.09. The molecular formula is C12H14N4O2S. The van der Waals surface area contributed by atoms with Crippen LogP contribution in [0.5, 0.6) is 5.88 Å². The van der Waals surface area contributed by atoms with Crippen LogP contribution in [0.4, 0.5) is 5.69 Å². The van der Waals surface area contributed by atoms with Crippen LogP contribution in [0.2, 0.25) is 0 Å². The molecule has 0 aliphatic rings. The molecule has 2 aromatic heterocycles. The predicted octanol–water partition coefficient (Wildman–Crippen LogP) is 1.15. The first-order valence-corrected chi connectivity index (χ1v) is 6.53. The SMILES string of the molecule is Cc1ncsc1CCOc1ncc(N)cc1C(N)=O. The molecule has 0 unspecified atom stereocenters. The van der Waals surface area contributed by atoms with E-state index >= 15 is 0 Å². The summed E-state index contributed by atoms with van der Waals surface area (Å²) in [4.78, 5) is 20.5. The molecule has 19 heavy (non-hydrogen) atoms. The molecule has 2 rings (SSSR count). The fourth-order valence-corrected chi connectivity index (χ4v) is 2.33. The average molecular weight is 278 g/mol. The van der Waals surface area contributed by atoms with Gasteiger partial charge < -0.3 is 16.2 Å². The number of pyridine rings is 1. The lowest BCUT2D eigenvalue weighted by Gasteiger charge is -2.08. The van der Waals surface area contributed by atoms with Crippen LogP contribution in [0.3, 0.4) is 0 Å². The number of aryl methyl sites for hydroxylation is 1. The summed E-state index contributed by atoms with van der Waals surface area (Å²) in [5, 5.41) is 0. The van der Waals surface area contributed by atoms with Crippen LogP contribution in [-0.2, 0) is 6.42 Å². The van der Waals surface area contributed by atoms with Crippen LogP contribution >= 0.6 is 11.3 Å². The number of hydrogen-bond donors (Lipinski definition) is 2. The Labute approximate surface area is 114 Å². The molecular weight excluding hydrogens is 264 g/mol. The number of amides is 1. The Kier molecular flexibility index (Phi) is 3.96. The normalized spacial score (nSPS) is 10.4. The fourth-order valence-electron chi connectivity index (χ4n) is 1.57. The molecule has 0 bridgehead atoms. The Morgan fingerprint density at radius 1 is 1.47 bits per heavy atom. The molecule has 0 saturated heterocycles. The molecule has 0 aliphatic carbocycles.